The normalized spacial score (nSPS) is 12.3. The molecule has 0 fully saturated rings. The Morgan fingerprint density at radius 1 is 0.579 bits per heavy atom. The molecule has 0 radical (unpaired) electrons. The molecule has 0 atom stereocenters. The molecule has 0 amide bonds. The first-order valence-electron chi connectivity index (χ1n) is 15.5. The summed E-state index contributed by atoms with van der Waals surface area (Å²) < 4.78 is 69.2. The van der Waals surface area contributed by atoms with Crippen LogP contribution in [0.1, 0.15) is 5.56 Å². The topological polar surface area (TPSA) is 319 Å². The van der Waals surface area contributed by atoms with Crippen LogP contribution in [0.25, 0.3) is 10.8 Å². The predicted octanol–water partition coefficient (Wildman–Crippen LogP) is 0.846. The molecule has 57 heavy (non-hydrogen) atoms. The van der Waals surface area contributed by atoms with Crippen LogP contribution in [0.5, 0.6) is 5.75 Å². The van der Waals surface area contributed by atoms with Crippen molar-refractivity contribution in [3.05, 3.63) is 115 Å². The number of benzene rings is 6. The molecule has 6 aromatic rings. The molecular formula is C35H26N10Na2O8S2. The van der Waals surface area contributed by atoms with E-state index in [1.165, 1.54) is 36.4 Å². The van der Waals surface area contributed by atoms with E-state index in [0.29, 0.717) is 28.4 Å². The first kappa shape index (κ1) is 44.6. The summed E-state index contributed by atoms with van der Waals surface area (Å²) in [5.74, 6) is -1.75. The van der Waals surface area contributed by atoms with E-state index in [1.807, 2.05) is 0 Å². The second-order valence-electron chi connectivity index (χ2n) is 11.5. The van der Waals surface area contributed by atoms with Crippen molar-refractivity contribution in [2.45, 2.75) is 9.79 Å². The van der Waals surface area contributed by atoms with Gasteiger partial charge in [0.05, 0.1) is 39.8 Å². The molecule has 0 bridgehead atoms. The summed E-state index contributed by atoms with van der Waals surface area (Å²) in [4.78, 5) is 2.17. The van der Waals surface area contributed by atoms with Crippen molar-refractivity contribution in [3.8, 4) is 5.75 Å². The van der Waals surface area contributed by atoms with Gasteiger partial charge in [-0.2, -0.15) is 32.2 Å². The van der Waals surface area contributed by atoms with Crippen LogP contribution >= 0.6 is 0 Å². The SMILES string of the molecule is Nc1ccc(N=Nc2ccc(N=C([O-])c3ccc(N=Nc4c(S(=O)(=O)O)cc5cc(S(=O)(=O)O)c(N=Nc6ccccc6)c([O-])c5c4N)cc3)cc2)c(N)c1.[Na+].[Na+]. The van der Waals surface area contributed by atoms with Crippen LogP contribution in [-0.2, 0) is 20.2 Å². The number of azo groups is 3. The fourth-order valence-electron chi connectivity index (χ4n) is 5.02. The largest absolute Gasteiger partial charge is 1.00 e. The van der Waals surface area contributed by atoms with Crippen LogP contribution in [0.3, 0.4) is 0 Å². The van der Waals surface area contributed by atoms with Gasteiger partial charge in [-0.25, -0.2) is 0 Å². The van der Waals surface area contributed by atoms with Crippen molar-refractivity contribution in [2.75, 3.05) is 17.2 Å². The Morgan fingerprint density at radius 3 is 1.63 bits per heavy atom. The number of aliphatic imine (C=N–C) groups is 1. The number of hydrogen-bond donors (Lipinski definition) is 5. The number of fused-ring (bicyclic) bond motifs is 1. The number of hydrogen-bond acceptors (Lipinski definition) is 16. The van der Waals surface area contributed by atoms with Gasteiger partial charge in [0.1, 0.15) is 21.2 Å². The Kier molecular flexibility index (Phi) is 14.4. The molecule has 0 spiro atoms. The summed E-state index contributed by atoms with van der Waals surface area (Å²) in [7, 11) is -10.2. The Labute approximate surface area is 369 Å². The molecule has 8 N–H and O–H groups in total. The molecule has 0 saturated heterocycles. The number of anilines is 3. The Bertz CT molecular complexity index is 2810. The smallest absolute Gasteiger partial charge is 0.870 e. The third kappa shape index (κ3) is 10.6. The van der Waals surface area contributed by atoms with Gasteiger partial charge in [0.15, 0.2) is 0 Å². The predicted molar refractivity (Wildman–Crippen MR) is 201 cm³/mol. The first-order chi connectivity index (χ1) is 26.1. The van der Waals surface area contributed by atoms with E-state index in [2.05, 4.69) is 35.7 Å². The molecule has 278 valence electrons. The summed E-state index contributed by atoms with van der Waals surface area (Å²) in [6.07, 6.45) is 0. The molecular weight excluding hydrogens is 799 g/mol. The van der Waals surface area contributed by atoms with Gasteiger partial charge in [-0.15, -0.1) is 15.3 Å². The molecule has 0 aliphatic carbocycles. The minimum Gasteiger partial charge on any atom is -0.870 e. The number of nitrogens with zero attached hydrogens (tertiary/aromatic N) is 7. The van der Waals surface area contributed by atoms with Gasteiger partial charge in [-0.1, -0.05) is 36.1 Å². The van der Waals surface area contributed by atoms with E-state index in [4.69, 9.17) is 17.2 Å². The summed E-state index contributed by atoms with van der Waals surface area (Å²) >= 11 is 0. The standard InChI is InChI=1S/C35H28N10O8S2.2Na/c36-21-8-15-27(26(37)18-21)43-40-25-13-11-22(12-14-25)39-35(47)19-6-9-24(10-7-19)42-44-32-28(54(48,49)50)16-20-17-29(55(51,52)53)33(34(46)30(20)31(32)38)45-41-23-4-2-1-3-5-23;;/h1-18,46H,36-38H2,(H,39,47)(H,48,49,50)(H,51,52,53);;/q;2*+1/p-2. The van der Waals surface area contributed by atoms with Crippen LogP contribution < -0.4 is 86.5 Å². The number of nitrogens with two attached hydrogens (primary N) is 3. The quantitative estimate of drug-likeness (QED) is 0.0322. The zero-order valence-electron chi connectivity index (χ0n) is 29.9. The average Bonchev–Trinajstić information content (AvgIpc) is 3.14. The molecule has 0 saturated carbocycles. The van der Waals surface area contributed by atoms with E-state index < -0.39 is 64.1 Å². The van der Waals surface area contributed by atoms with E-state index in [0.717, 1.165) is 12.1 Å². The Balaban J connectivity index is 0.00000360. The summed E-state index contributed by atoms with van der Waals surface area (Å²) in [6.45, 7) is 0. The molecule has 6 rings (SSSR count). The third-order valence-electron chi connectivity index (χ3n) is 7.66. The van der Waals surface area contributed by atoms with Crippen LogP contribution in [0, 0.1) is 0 Å². The zero-order valence-corrected chi connectivity index (χ0v) is 35.5. The first-order valence-corrected chi connectivity index (χ1v) is 18.4. The van der Waals surface area contributed by atoms with Crippen LogP contribution in [0.2, 0.25) is 0 Å². The minimum absolute atomic E-state index is 0. The second-order valence-corrected chi connectivity index (χ2v) is 14.3. The minimum atomic E-state index is -5.11. The Hall–Kier alpha value is -5.13. The molecule has 0 aromatic heterocycles. The van der Waals surface area contributed by atoms with Gasteiger partial charge < -0.3 is 27.4 Å². The van der Waals surface area contributed by atoms with E-state index in [-0.39, 0.29) is 81.4 Å². The molecule has 0 aliphatic rings. The molecule has 22 heteroatoms. The van der Waals surface area contributed by atoms with Crippen LogP contribution in [-0.4, -0.2) is 31.8 Å². The van der Waals surface area contributed by atoms with E-state index >= 15 is 0 Å². The maximum absolute atomic E-state index is 13.6. The average molecular weight is 825 g/mol. The summed E-state index contributed by atoms with van der Waals surface area (Å²) in [5.41, 5.74) is 18.3. The van der Waals surface area contributed by atoms with Crippen LogP contribution in [0.15, 0.2) is 155 Å². The van der Waals surface area contributed by atoms with Gasteiger partial charge >= 0.3 is 59.1 Å². The fraction of sp³-hybridized carbons (Fsp3) is 0. The number of nitrogen functional groups attached to an aromatic ring is 3. The fourth-order valence-corrected chi connectivity index (χ4v) is 6.34. The van der Waals surface area contributed by atoms with Gasteiger partial charge in [-0.05, 0) is 95.7 Å². The van der Waals surface area contributed by atoms with Crippen molar-refractivity contribution < 1.29 is 95.3 Å². The zero-order chi connectivity index (χ0) is 39.5. The van der Waals surface area contributed by atoms with E-state index in [9.17, 15) is 36.2 Å². The molecule has 0 aliphatic heterocycles. The summed E-state index contributed by atoms with van der Waals surface area (Å²) in [5, 5.41) is 49.3. The van der Waals surface area contributed by atoms with Crippen molar-refractivity contribution in [2.24, 2.45) is 35.7 Å². The summed E-state index contributed by atoms with van der Waals surface area (Å²) in [6, 6.07) is 26.1. The van der Waals surface area contributed by atoms with Crippen molar-refractivity contribution in [1.29, 1.82) is 0 Å². The monoisotopic (exact) mass is 824 g/mol. The molecule has 0 heterocycles. The maximum Gasteiger partial charge on any atom is 1.00 e. The van der Waals surface area contributed by atoms with Crippen LogP contribution in [0.4, 0.5) is 56.9 Å². The maximum atomic E-state index is 13.6. The molecule has 18 nitrogen and oxygen atoms in total. The van der Waals surface area contributed by atoms with Gasteiger partial charge in [-0.3, -0.25) is 14.1 Å². The molecule has 0 unspecified atom stereocenters. The van der Waals surface area contributed by atoms with Crippen molar-refractivity contribution >= 4 is 93.8 Å². The van der Waals surface area contributed by atoms with Gasteiger partial charge in [0.2, 0.25) is 0 Å². The third-order valence-corrected chi connectivity index (χ3v) is 9.39. The number of rotatable bonds is 10. The van der Waals surface area contributed by atoms with Crippen molar-refractivity contribution in [3.63, 3.8) is 0 Å². The van der Waals surface area contributed by atoms with Gasteiger partial charge in [0.25, 0.3) is 20.2 Å². The molecule has 6 aromatic carbocycles. The second kappa shape index (κ2) is 18.4. The van der Waals surface area contributed by atoms with Crippen molar-refractivity contribution in [1.82, 2.24) is 0 Å². The van der Waals surface area contributed by atoms with Gasteiger partial charge in [0, 0.05) is 11.1 Å². The Morgan fingerprint density at radius 2 is 1.07 bits per heavy atom. The van der Waals surface area contributed by atoms with E-state index in [1.54, 1.807) is 60.7 Å².